The van der Waals surface area contributed by atoms with Crippen molar-refractivity contribution in [3.8, 4) is 11.4 Å². The lowest BCUT2D eigenvalue weighted by atomic mass is 10.2. The molecule has 3 rings (SSSR count). The van der Waals surface area contributed by atoms with Gasteiger partial charge in [-0.3, -0.25) is 4.79 Å². The van der Waals surface area contributed by atoms with E-state index in [9.17, 15) is 22.4 Å². The first kappa shape index (κ1) is 14.1. The van der Waals surface area contributed by atoms with Crippen molar-refractivity contribution < 1.29 is 22.4 Å². The Morgan fingerprint density at radius 2 is 1.32 bits per heavy atom. The van der Waals surface area contributed by atoms with Gasteiger partial charge in [-0.2, -0.15) is 0 Å². The topological polar surface area (TPSA) is 26.9 Å². The second-order valence-corrected chi connectivity index (χ2v) is 4.46. The van der Waals surface area contributed by atoms with Gasteiger partial charge in [-0.1, -0.05) is 0 Å². The zero-order chi connectivity index (χ0) is 15.9. The number of halogens is 4. The second-order valence-electron chi connectivity index (χ2n) is 4.46. The Morgan fingerprint density at radius 3 is 1.86 bits per heavy atom. The van der Waals surface area contributed by atoms with E-state index in [-0.39, 0.29) is 5.69 Å². The van der Waals surface area contributed by atoms with Crippen molar-refractivity contribution in [2.45, 2.75) is 0 Å². The van der Waals surface area contributed by atoms with E-state index in [1.165, 1.54) is 36.7 Å². The van der Waals surface area contributed by atoms with E-state index in [1.54, 1.807) is 0 Å². The third-order valence-corrected chi connectivity index (χ3v) is 3.22. The average Bonchev–Trinajstić information content (AvgIpc) is 3.17. The number of hydrogen-bond donors (Lipinski definition) is 0. The Bertz CT molecular complexity index is 824. The summed E-state index contributed by atoms with van der Waals surface area (Å²) in [6, 6.07) is 5.51. The third-order valence-electron chi connectivity index (χ3n) is 3.22. The molecule has 0 radical (unpaired) electrons. The van der Waals surface area contributed by atoms with Crippen LogP contribution >= 0.6 is 0 Å². The van der Waals surface area contributed by atoms with Gasteiger partial charge in [0, 0.05) is 18.6 Å². The zero-order valence-corrected chi connectivity index (χ0v) is 10.9. The van der Waals surface area contributed by atoms with Crippen molar-refractivity contribution >= 4 is 6.29 Å². The maximum Gasteiger partial charge on any atom is 0.188 e. The van der Waals surface area contributed by atoms with Gasteiger partial charge < -0.3 is 9.13 Å². The maximum absolute atomic E-state index is 14.2. The molecule has 0 aliphatic carbocycles. The first-order valence-electron chi connectivity index (χ1n) is 6.18. The molecule has 1 aromatic carbocycles. The van der Waals surface area contributed by atoms with Gasteiger partial charge in [0.15, 0.2) is 29.6 Å². The molecule has 0 atom stereocenters. The summed E-state index contributed by atoms with van der Waals surface area (Å²) in [6.07, 6.45) is 3.98. The quantitative estimate of drug-likeness (QED) is 0.412. The molecule has 2 heterocycles. The summed E-state index contributed by atoms with van der Waals surface area (Å²) in [5.41, 5.74) is -1.97. The molecule has 0 unspecified atom stereocenters. The maximum atomic E-state index is 14.2. The Hall–Kier alpha value is -2.83. The third kappa shape index (κ3) is 1.93. The summed E-state index contributed by atoms with van der Waals surface area (Å²) in [5.74, 6) is -6.25. The molecule has 22 heavy (non-hydrogen) atoms. The largest absolute Gasteiger partial charge is 0.319 e. The minimum atomic E-state index is -1.58. The number of carbonyl (C=O) groups excluding carboxylic acids is 1. The SMILES string of the molecule is O=Cc1cccn1-c1c(F)c(F)c(-n2cccc2)c(F)c1F. The number of benzene rings is 1. The Labute approximate surface area is 122 Å². The molecule has 0 N–H and O–H groups in total. The van der Waals surface area contributed by atoms with Crippen LogP contribution in [0.3, 0.4) is 0 Å². The molecule has 0 aliphatic heterocycles. The molecule has 0 spiro atoms. The lowest BCUT2D eigenvalue weighted by Gasteiger charge is -2.14. The predicted molar refractivity (Wildman–Crippen MR) is 70.3 cm³/mol. The predicted octanol–water partition coefficient (Wildman–Crippen LogP) is 3.64. The van der Waals surface area contributed by atoms with Crippen molar-refractivity contribution in [3.05, 3.63) is 71.8 Å². The van der Waals surface area contributed by atoms with Crippen LogP contribution in [0.15, 0.2) is 42.9 Å². The van der Waals surface area contributed by atoms with Crippen LogP contribution in [0.5, 0.6) is 0 Å². The first-order chi connectivity index (χ1) is 10.6. The summed E-state index contributed by atoms with van der Waals surface area (Å²) in [4.78, 5) is 10.9. The van der Waals surface area contributed by atoms with E-state index in [2.05, 4.69) is 0 Å². The van der Waals surface area contributed by atoms with Crippen LogP contribution in [0.2, 0.25) is 0 Å². The summed E-state index contributed by atoms with van der Waals surface area (Å²) in [7, 11) is 0. The number of hydrogen-bond acceptors (Lipinski definition) is 1. The van der Waals surface area contributed by atoms with Gasteiger partial charge in [0.2, 0.25) is 0 Å². The van der Waals surface area contributed by atoms with Crippen LogP contribution in [0.1, 0.15) is 10.5 Å². The molecule has 0 fully saturated rings. The fourth-order valence-corrected chi connectivity index (χ4v) is 2.22. The van der Waals surface area contributed by atoms with Crippen LogP contribution < -0.4 is 0 Å². The molecule has 2 aromatic heterocycles. The van der Waals surface area contributed by atoms with Gasteiger partial charge in [-0.15, -0.1) is 0 Å². The lowest BCUT2D eigenvalue weighted by molar-refractivity contribution is 0.111. The average molecular weight is 308 g/mol. The number of carbonyl (C=O) groups is 1. The van der Waals surface area contributed by atoms with E-state index in [4.69, 9.17) is 0 Å². The minimum Gasteiger partial charge on any atom is -0.319 e. The van der Waals surface area contributed by atoms with Gasteiger partial charge in [0.05, 0.1) is 5.69 Å². The smallest absolute Gasteiger partial charge is 0.188 e. The van der Waals surface area contributed by atoms with Crippen molar-refractivity contribution in [2.75, 3.05) is 0 Å². The Kier molecular flexibility index (Phi) is 3.32. The van der Waals surface area contributed by atoms with E-state index in [1.807, 2.05) is 0 Å². The molecule has 112 valence electrons. The van der Waals surface area contributed by atoms with Gasteiger partial charge in [-0.25, -0.2) is 17.6 Å². The van der Waals surface area contributed by atoms with Crippen molar-refractivity contribution in [2.24, 2.45) is 0 Å². The molecule has 0 aliphatic rings. The zero-order valence-electron chi connectivity index (χ0n) is 10.9. The Morgan fingerprint density at radius 1 is 0.773 bits per heavy atom. The van der Waals surface area contributed by atoms with Crippen molar-refractivity contribution in [1.82, 2.24) is 9.13 Å². The molecular formula is C15H8F4N2O. The summed E-state index contributed by atoms with van der Waals surface area (Å²) < 4.78 is 58.5. The number of rotatable bonds is 3. The number of aldehydes is 1. The molecule has 3 nitrogen and oxygen atoms in total. The van der Waals surface area contributed by atoms with Crippen LogP contribution in [-0.2, 0) is 0 Å². The van der Waals surface area contributed by atoms with Crippen LogP contribution in [0, 0.1) is 23.3 Å². The van der Waals surface area contributed by atoms with Gasteiger partial charge in [0.25, 0.3) is 0 Å². The Balaban J connectivity index is 2.34. The number of aromatic nitrogens is 2. The van der Waals surface area contributed by atoms with Gasteiger partial charge in [0.1, 0.15) is 11.4 Å². The minimum absolute atomic E-state index is 0.134. The van der Waals surface area contributed by atoms with E-state index >= 15 is 0 Å². The monoisotopic (exact) mass is 308 g/mol. The fraction of sp³-hybridized carbons (Fsp3) is 0. The summed E-state index contributed by atoms with van der Waals surface area (Å²) in [5, 5.41) is 0. The highest BCUT2D eigenvalue weighted by Gasteiger charge is 2.27. The van der Waals surface area contributed by atoms with Gasteiger partial charge in [-0.05, 0) is 24.3 Å². The summed E-state index contributed by atoms with van der Waals surface area (Å²) in [6.45, 7) is 0. The van der Waals surface area contributed by atoms with Crippen molar-refractivity contribution in [1.29, 1.82) is 0 Å². The highest BCUT2D eigenvalue weighted by molar-refractivity contribution is 5.74. The first-order valence-corrected chi connectivity index (χ1v) is 6.18. The normalized spacial score (nSPS) is 10.9. The highest BCUT2D eigenvalue weighted by Crippen LogP contribution is 2.30. The highest BCUT2D eigenvalue weighted by atomic mass is 19.2. The molecule has 7 heteroatoms. The molecule has 0 bridgehead atoms. The standard InChI is InChI=1S/C15H8F4N2O/c16-10-12(18)15(21-7-3-4-9(21)8-22)13(19)11(17)14(10)20-5-1-2-6-20/h1-8H. The second kappa shape index (κ2) is 5.18. The van der Waals surface area contributed by atoms with E-state index < -0.39 is 34.6 Å². The molecule has 3 aromatic rings. The molecule has 0 saturated carbocycles. The summed E-state index contributed by atoms with van der Waals surface area (Å²) >= 11 is 0. The van der Waals surface area contributed by atoms with E-state index in [0.717, 1.165) is 15.3 Å². The number of nitrogens with zero attached hydrogens (tertiary/aromatic N) is 2. The van der Waals surface area contributed by atoms with Crippen LogP contribution in [0.25, 0.3) is 11.4 Å². The van der Waals surface area contributed by atoms with Crippen LogP contribution in [0.4, 0.5) is 17.6 Å². The molecule has 0 amide bonds. The van der Waals surface area contributed by atoms with Crippen molar-refractivity contribution in [3.63, 3.8) is 0 Å². The van der Waals surface area contributed by atoms with E-state index in [0.29, 0.717) is 6.29 Å². The molecule has 0 saturated heterocycles. The van der Waals surface area contributed by atoms with Gasteiger partial charge >= 0.3 is 0 Å². The van der Waals surface area contributed by atoms with Crippen LogP contribution in [-0.4, -0.2) is 15.4 Å². The molecular weight excluding hydrogens is 300 g/mol. The lowest BCUT2D eigenvalue weighted by Crippen LogP contribution is -2.12. The fourth-order valence-electron chi connectivity index (χ4n) is 2.22.